The molecule has 4 nitrogen and oxygen atoms in total. The number of hydrogen-bond donors (Lipinski definition) is 0. The number of pyridine rings is 1. The molecule has 2 aromatic heterocycles. The Morgan fingerprint density at radius 1 is 1.43 bits per heavy atom. The molecule has 0 saturated carbocycles. The zero-order valence-corrected chi connectivity index (χ0v) is 10.4. The third kappa shape index (κ3) is 1.18. The van der Waals surface area contributed by atoms with Crippen molar-refractivity contribution in [3.8, 4) is 0 Å². The molecule has 0 spiro atoms. The Morgan fingerprint density at radius 2 is 2.07 bits per heavy atom. The summed E-state index contributed by atoms with van der Waals surface area (Å²) in [4.78, 5) is 11.8. The average Bonchev–Trinajstić information content (AvgIpc) is 2.38. The van der Waals surface area contributed by atoms with Crippen LogP contribution in [-0.4, -0.2) is 14.3 Å². The van der Waals surface area contributed by atoms with Gasteiger partial charge in [0.1, 0.15) is 3.70 Å². The summed E-state index contributed by atoms with van der Waals surface area (Å²) in [6.07, 6.45) is 1.84. The standard InChI is InChI=1S/C9H10IN3O/c1-5-4-12(2)9(14)6-7(5)13(3)11-8(6)10/h4H,1-3H3. The average molecular weight is 303 g/mol. The first kappa shape index (κ1) is 9.70. The van der Waals surface area contributed by atoms with Gasteiger partial charge in [-0.2, -0.15) is 5.10 Å². The molecule has 0 unspecified atom stereocenters. The van der Waals surface area contributed by atoms with Crippen LogP contribution in [0.2, 0.25) is 0 Å². The maximum Gasteiger partial charge on any atom is 0.262 e. The molecule has 2 rings (SSSR count). The first-order chi connectivity index (χ1) is 6.52. The van der Waals surface area contributed by atoms with Gasteiger partial charge in [0, 0.05) is 20.3 Å². The molecule has 0 N–H and O–H groups in total. The van der Waals surface area contributed by atoms with Gasteiger partial charge in [0.2, 0.25) is 0 Å². The van der Waals surface area contributed by atoms with Crippen LogP contribution >= 0.6 is 22.6 Å². The van der Waals surface area contributed by atoms with Crippen molar-refractivity contribution in [2.24, 2.45) is 14.1 Å². The Labute approximate surface area is 94.7 Å². The SMILES string of the molecule is Cc1cn(C)c(=O)c2c(I)nn(C)c12. The minimum atomic E-state index is 0.0168. The zero-order valence-electron chi connectivity index (χ0n) is 8.21. The van der Waals surface area contributed by atoms with Crippen molar-refractivity contribution >= 4 is 33.5 Å². The second-order valence-electron chi connectivity index (χ2n) is 3.37. The van der Waals surface area contributed by atoms with E-state index in [2.05, 4.69) is 27.7 Å². The van der Waals surface area contributed by atoms with E-state index in [0.29, 0.717) is 0 Å². The predicted octanol–water partition coefficient (Wildman–Crippen LogP) is 1.19. The molecule has 0 amide bonds. The zero-order chi connectivity index (χ0) is 10.5. The van der Waals surface area contributed by atoms with Gasteiger partial charge in [-0.05, 0) is 35.1 Å². The highest BCUT2D eigenvalue weighted by Gasteiger charge is 2.13. The number of aromatic nitrogens is 3. The molecule has 74 valence electrons. The largest absolute Gasteiger partial charge is 0.318 e. The van der Waals surface area contributed by atoms with E-state index in [1.807, 2.05) is 20.2 Å². The van der Waals surface area contributed by atoms with Crippen LogP contribution in [0.1, 0.15) is 5.56 Å². The van der Waals surface area contributed by atoms with E-state index < -0.39 is 0 Å². The third-order valence-corrected chi connectivity index (χ3v) is 3.05. The summed E-state index contributed by atoms with van der Waals surface area (Å²) in [5, 5.41) is 4.96. The van der Waals surface area contributed by atoms with Crippen molar-refractivity contribution in [1.82, 2.24) is 14.3 Å². The van der Waals surface area contributed by atoms with Crippen molar-refractivity contribution < 1.29 is 0 Å². The quantitative estimate of drug-likeness (QED) is 0.686. The highest BCUT2D eigenvalue weighted by Crippen LogP contribution is 2.18. The van der Waals surface area contributed by atoms with Gasteiger partial charge in [-0.3, -0.25) is 9.48 Å². The molecule has 0 fully saturated rings. The lowest BCUT2D eigenvalue weighted by atomic mass is 10.2. The maximum atomic E-state index is 11.8. The molecule has 0 atom stereocenters. The van der Waals surface area contributed by atoms with E-state index in [9.17, 15) is 4.79 Å². The summed E-state index contributed by atoms with van der Waals surface area (Å²) in [5.41, 5.74) is 2.01. The van der Waals surface area contributed by atoms with Gasteiger partial charge in [0.15, 0.2) is 0 Å². The van der Waals surface area contributed by atoms with Gasteiger partial charge in [-0.25, -0.2) is 0 Å². The minimum Gasteiger partial charge on any atom is -0.318 e. The fraction of sp³-hybridized carbons (Fsp3) is 0.333. The lowest BCUT2D eigenvalue weighted by Crippen LogP contribution is -2.17. The topological polar surface area (TPSA) is 39.8 Å². The van der Waals surface area contributed by atoms with Crippen molar-refractivity contribution in [3.05, 3.63) is 25.8 Å². The number of hydrogen-bond acceptors (Lipinski definition) is 2. The highest BCUT2D eigenvalue weighted by molar-refractivity contribution is 14.1. The highest BCUT2D eigenvalue weighted by atomic mass is 127. The van der Waals surface area contributed by atoms with Crippen LogP contribution in [0.15, 0.2) is 11.0 Å². The van der Waals surface area contributed by atoms with Gasteiger partial charge >= 0.3 is 0 Å². The predicted molar refractivity (Wildman–Crippen MR) is 63.4 cm³/mol. The normalized spacial score (nSPS) is 11.1. The van der Waals surface area contributed by atoms with Gasteiger partial charge < -0.3 is 4.57 Å². The van der Waals surface area contributed by atoms with Crippen LogP contribution in [0.3, 0.4) is 0 Å². The van der Waals surface area contributed by atoms with E-state index in [0.717, 1.165) is 20.2 Å². The molecule has 0 aliphatic carbocycles. The maximum absolute atomic E-state index is 11.8. The summed E-state index contributed by atoms with van der Waals surface area (Å²) in [6.45, 7) is 1.99. The molecule has 0 aliphatic rings. The number of nitrogens with zero attached hydrogens (tertiary/aromatic N) is 3. The first-order valence-corrected chi connectivity index (χ1v) is 5.28. The molecule has 5 heteroatoms. The lowest BCUT2D eigenvalue weighted by molar-refractivity contribution is 0.783. The van der Waals surface area contributed by atoms with E-state index in [1.165, 1.54) is 0 Å². The minimum absolute atomic E-state index is 0.0168. The Hall–Kier alpha value is -0.850. The Morgan fingerprint density at radius 3 is 2.71 bits per heavy atom. The third-order valence-electron chi connectivity index (χ3n) is 2.30. The molecule has 0 radical (unpaired) electrons. The Kier molecular flexibility index (Phi) is 2.13. The van der Waals surface area contributed by atoms with Crippen LogP contribution in [0, 0.1) is 10.6 Å². The molecular weight excluding hydrogens is 293 g/mol. The van der Waals surface area contributed by atoms with Crippen LogP contribution in [0.5, 0.6) is 0 Å². The first-order valence-electron chi connectivity index (χ1n) is 4.21. The summed E-state index contributed by atoms with van der Waals surface area (Å²) in [7, 11) is 3.62. The van der Waals surface area contributed by atoms with E-state index >= 15 is 0 Å². The lowest BCUT2D eigenvalue weighted by Gasteiger charge is -2.02. The van der Waals surface area contributed by atoms with E-state index in [-0.39, 0.29) is 5.56 Å². The van der Waals surface area contributed by atoms with Crippen LogP contribution in [0.4, 0.5) is 0 Å². The second-order valence-corrected chi connectivity index (χ2v) is 4.39. The Bertz CT molecular complexity index is 567. The van der Waals surface area contributed by atoms with Crippen LogP contribution < -0.4 is 5.56 Å². The van der Waals surface area contributed by atoms with Gasteiger partial charge in [0.25, 0.3) is 5.56 Å². The number of fused-ring (bicyclic) bond motifs is 1. The van der Waals surface area contributed by atoms with Gasteiger partial charge in [0.05, 0.1) is 10.9 Å². The summed E-state index contributed by atoms with van der Waals surface area (Å²) >= 11 is 2.09. The summed E-state index contributed by atoms with van der Waals surface area (Å²) < 4.78 is 4.12. The van der Waals surface area contributed by atoms with Crippen LogP contribution in [0.25, 0.3) is 10.9 Å². The van der Waals surface area contributed by atoms with Crippen molar-refractivity contribution in [1.29, 1.82) is 0 Å². The van der Waals surface area contributed by atoms with Crippen molar-refractivity contribution in [2.45, 2.75) is 6.92 Å². The van der Waals surface area contributed by atoms with E-state index in [1.54, 1.807) is 16.3 Å². The smallest absolute Gasteiger partial charge is 0.262 e. The number of halogens is 1. The molecule has 0 saturated heterocycles. The fourth-order valence-corrected chi connectivity index (χ4v) is 2.53. The molecule has 2 heterocycles. The van der Waals surface area contributed by atoms with Crippen molar-refractivity contribution in [3.63, 3.8) is 0 Å². The van der Waals surface area contributed by atoms with Crippen molar-refractivity contribution in [2.75, 3.05) is 0 Å². The molecular formula is C9H10IN3O. The van der Waals surface area contributed by atoms with Gasteiger partial charge in [-0.1, -0.05) is 0 Å². The number of rotatable bonds is 0. The molecule has 0 aliphatic heterocycles. The number of aryl methyl sites for hydroxylation is 3. The molecule has 0 bridgehead atoms. The molecule has 2 aromatic rings. The summed E-state index contributed by atoms with van der Waals surface area (Å²) in [6, 6.07) is 0. The molecule has 0 aromatic carbocycles. The van der Waals surface area contributed by atoms with E-state index in [4.69, 9.17) is 0 Å². The van der Waals surface area contributed by atoms with Crippen LogP contribution in [-0.2, 0) is 14.1 Å². The molecule has 14 heavy (non-hydrogen) atoms. The van der Waals surface area contributed by atoms with Gasteiger partial charge in [-0.15, -0.1) is 0 Å². The summed E-state index contributed by atoms with van der Waals surface area (Å²) in [5.74, 6) is 0. The second kappa shape index (κ2) is 3.08. The fourth-order valence-electron chi connectivity index (χ4n) is 1.72. The monoisotopic (exact) mass is 303 g/mol. The Balaban J connectivity index is 3.13.